The Morgan fingerprint density at radius 2 is 1.05 bits per heavy atom. The first-order chi connectivity index (χ1) is 16.1. The number of hydrogen-bond acceptors (Lipinski definition) is 15. The number of phosphoric acid groups is 3. The van der Waals surface area contributed by atoms with Gasteiger partial charge in [0.25, 0.3) is 0 Å². The predicted octanol–water partition coefficient (Wildman–Crippen LogP) is -1.50. The van der Waals surface area contributed by atoms with Crippen molar-refractivity contribution in [2.45, 2.75) is 0 Å². The second kappa shape index (κ2) is 15.7. The van der Waals surface area contributed by atoms with Crippen molar-refractivity contribution in [1.82, 2.24) is 0 Å². The van der Waals surface area contributed by atoms with Crippen molar-refractivity contribution < 1.29 is 122 Å². The minimum absolute atomic E-state index is 0. The summed E-state index contributed by atoms with van der Waals surface area (Å²) >= 11 is 0. The van der Waals surface area contributed by atoms with Crippen LogP contribution in [0.25, 0.3) is 12.2 Å². The average Bonchev–Trinajstić information content (AvgIpc) is 2.70. The zero-order valence-corrected chi connectivity index (χ0v) is 25.3. The first-order valence-corrected chi connectivity index (χ1v) is 13.2. The van der Waals surface area contributed by atoms with Gasteiger partial charge in [-0.25, -0.2) is 0 Å². The molecule has 0 aliphatic carbocycles. The second-order valence-electron chi connectivity index (χ2n) is 6.22. The van der Waals surface area contributed by atoms with E-state index in [0.717, 1.165) is 38.5 Å². The van der Waals surface area contributed by atoms with Crippen LogP contribution in [0.2, 0.25) is 0 Å². The summed E-state index contributed by atoms with van der Waals surface area (Å²) in [5.74, 6) is -3.30. The number of rotatable bonds is 11. The third-order valence-corrected chi connectivity index (χ3v) is 5.10. The van der Waals surface area contributed by atoms with Crippen LogP contribution in [0.5, 0.6) is 34.5 Å². The van der Waals surface area contributed by atoms with Crippen LogP contribution in [-0.4, -0.2) is 21.3 Å². The number of ether oxygens (including phenoxy) is 3. The van der Waals surface area contributed by atoms with Crippen LogP contribution in [0.1, 0.15) is 11.1 Å². The van der Waals surface area contributed by atoms with Gasteiger partial charge in [-0.3, -0.25) is 0 Å². The molecule has 0 atom stereocenters. The van der Waals surface area contributed by atoms with Crippen LogP contribution in [0.15, 0.2) is 24.3 Å². The van der Waals surface area contributed by atoms with Gasteiger partial charge in [0.2, 0.25) is 11.5 Å². The summed E-state index contributed by atoms with van der Waals surface area (Å²) in [7, 11) is -13.7. The molecule has 0 aliphatic rings. The van der Waals surface area contributed by atoms with E-state index in [2.05, 4.69) is 13.6 Å². The van der Waals surface area contributed by atoms with Gasteiger partial charge in [0.1, 0.15) is 23.5 Å². The third-order valence-electron chi connectivity index (χ3n) is 3.87. The van der Waals surface area contributed by atoms with Crippen LogP contribution >= 0.6 is 23.5 Å². The van der Waals surface area contributed by atoms with Crippen LogP contribution < -0.4 is 57.1 Å². The summed E-state index contributed by atoms with van der Waals surface area (Å²) in [6.07, 6.45) is 2.24. The number of phosphoric ester groups is 3. The van der Waals surface area contributed by atoms with Gasteiger partial charge in [-0.2, -0.15) is 0 Å². The second-order valence-corrected chi connectivity index (χ2v) is 9.45. The molecule has 209 valence electrons. The molecule has 2 aromatic rings. The van der Waals surface area contributed by atoms with Gasteiger partial charge in [-0.05, 0) is 29.8 Å². The average molecular weight is 717 g/mol. The Labute approximate surface area is 248 Å². The van der Waals surface area contributed by atoms with Crippen molar-refractivity contribution in [3.05, 3.63) is 35.4 Å². The fourth-order valence-electron chi connectivity index (χ4n) is 2.68. The Kier molecular flexibility index (Phi) is 16.2. The van der Waals surface area contributed by atoms with Crippen LogP contribution in [0, 0.1) is 0 Å². The summed E-state index contributed by atoms with van der Waals surface area (Å²) in [5, 5.41) is 0. The molecule has 3 radical (unpaired) electrons. The predicted molar refractivity (Wildman–Crippen MR) is 106 cm³/mol. The van der Waals surface area contributed by atoms with Crippen LogP contribution in [-0.2, 0) is 64.9 Å². The maximum Gasteiger partial charge on any atom is 2.00 e. The van der Waals surface area contributed by atoms with Crippen LogP contribution in [0.3, 0.4) is 0 Å². The summed E-state index contributed by atoms with van der Waals surface area (Å²) in [6.45, 7) is 0. The van der Waals surface area contributed by atoms with Gasteiger partial charge < -0.3 is 70.8 Å². The minimum Gasteiger partial charge on any atom is -0.780 e. The summed E-state index contributed by atoms with van der Waals surface area (Å²) in [6, 6.07) is 4.53. The molecule has 0 saturated carbocycles. The molecular formula is C17H15Mn3O15P3. The van der Waals surface area contributed by atoms with E-state index in [9.17, 15) is 43.1 Å². The molecule has 0 amide bonds. The van der Waals surface area contributed by atoms with E-state index < -0.39 is 46.5 Å². The molecule has 0 spiro atoms. The van der Waals surface area contributed by atoms with Crippen molar-refractivity contribution in [2.24, 2.45) is 0 Å². The monoisotopic (exact) mass is 717 g/mol. The molecule has 15 nitrogen and oxygen atoms in total. The van der Waals surface area contributed by atoms with E-state index in [-0.39, 0.29) is 73.8 Å². The molecule has 0 aromatic heterocycles. The quantitative estimate of drug-likeness (QED) is 0.146. The summed E-state index contributed by atoms with van der Waals surface area (Å²) in [5.41, 5.74) is -0.210. The molecule has 21 heteroatoms. The van der Waals surface area contributed by atoms with Gasteiger partial charge in [-0.1, -0.05) is 12.2 Å². The molecule has 0 bridgehead atoms. The van der Waals surface area contributed by atoms with Gasteiger partial charge in [0, 0.05) is 5.56 Å². The first kappa shape index (κ1) is 39.1. The van der Waals surface area contributed by atoms with E-state index in [1.165, 1.54) is 19.3 Å². The number of benzene rings is 2. The third kappa shape index (κ3) is 12.0. The van der Waals surface area contributed by atoms with E-state index in [4.69, 9.17) is 14.2 Å². The van der Waals surface area contributed by atoms with Crippen molar-refractivity contribution in [2.75, 3.05) is 21.3 Å². The SMILES string of the molecule is COc1cc(/C=C\c2ccc(OC)c(OP(=O)([O-])[O-])c2OP(=O)([O-])[O-])cc(OP(=O)([O-])[O-])c1OC.[Mn+2].[Mn+2].[Mn+2]. The molecule has 0 saturated heterocycles. The van der Waals surface area contributed by atoms with E-state index >= 15 is 0 Å². The van der Waals surface area contributed by atoms with Gasteiger partial charge in [0.05, 0.1) is 21.3 Å². The van der Waals surface area contributed by atoms with E-state index in [1.807, 2.05) is 0 Å². The number of methoxy groups -OCH3 is 3. The fraction of sp³-hybridized carbons (Fsp3) is 0.176. The van der Waals surface area contributed by atoms with Gasteiger partial charge >= 0.3 is 51.2 Å². The zero-order chi connectivity index (χ0) is 26.6. The van der Waals surface area contributed by atoms with E-state index in [1.54, 1.807) is 0 Å². The van der Waals surface area contributed by atoms with Crippen LogP contribution in [0.4, 0.5) is 0 Å². The molecule has 38 heavy (non-hydrogen) atoms. The maximum absolute atomic E-state index is 11.2. The molecule has 0 heterocycles. The molecule has 0 unspecified atom stereocenters. The minimum atomic E-state index is -5.81. The maximum atomic E-state index is 11.2. The molecule has 0 aliphatic heterocycles. The largest absolute Gasteiger partial charge is 2.00 e. The molecule has 2 rings (SSSR count). The molecule has 2 aromatic carbocycles. The van der Waals surface area contributed by atoms with Crippen molar-refractivity contribution in [3.8, 4) is 34.5 Å². The van der Waals surface area contributed by atoms with Gasteiger partial charge in [0.15, 0.2) is 23.0 Å². The van der Waals surface area contributed by atoms with Gasteiger partial charge in [-0.15, -0.1) is 0 Å². The summed E-state index contributed by atoms with van der Waals surface area (Å²) in [4.78, 5) is 66.9. The first-order valence-electron chi connectivity index (χ1n) is 8.87. The topological polar surface area (TPSA) is 245 Å². The standard InChI is InChI=1S/C17H21O15P3.3Mn/c1-27-12-7-6-11(15(31-34(21,22)23)17(12)32-35(24,25)26)5-4-10-8-13(28-2)16(29-3)14(9-10)30-33(18,19)20;;;/h4-9H,1-3H3,(H2,18,19,20)(H2,21,22,23)(H2,24,25,26);;;/q;3*+2/p-6/b5-4-;;;. The van der Waals surface area contributed by atoms with E-state index in [0.29, 0.717) is 0 Å². The zero-order valence-electron chi connectivity index (χ0n) is 19.1. The van der Waals surface area contributed by atoms with Crippen molar-refractivity contribution >= 4 is 35.6 Å². The Hall–Kier alpha value is -1.01. The number of hydrogen-bond donors (Lipinski definition) is 0. The Balaban J connectivity index is 0. The normalized spacial score (nSPS) is 11.4. The Morgan fingerprint density at radius 1 is 0.579 bits per heavy atom. The summed E-state index contributed by atoms with van der Waals surface area (Å²) < 4.78 is 61.3. The fourth-order valence-corrected chi connectivity index (χ4v) is 3.86. The Bertz CT molecular complexity index is 1250. The molecule has 0 fully saturated rings. The Morgan fingerprint density at radius 3 is 1.50 bits per heavy atom. The van der Waals surface area contributed by atoms with Crippen molar-refractivity contribution in [3.63, 3.8) is 0 Å². The smallest absolute Gasteiger partial charge is 0.780 e. The molecular weight excluding hydrogens is 702 g/mol. The van der Waals surface area contributed by atoms with Crippen molar-refractivity contribution in [1.29, 1.82) is 0 Å². The molecule has 0 N–H and O–H groups in total.